The van der Waals surface area contributed by atoms with Crippen LogP contribution in [0.5, 0.6) is 0 Å². The summed E-state index contributed by atoms with van der Waals surface area (Å²) < 4.78 is 1.01. The second-order valence-corrected chi connectivity index (χ2v) is 10.2. The van der Waals surface area contributed by atoms with E-state index in [1.54, 1.807) is 0 Å². The van der Waals surface area contributed by atoms with Crippen LogP contribution in [-0.2, 0) is 29.3 Å². The number of aryl methyl sites for hydroxylation is 4. The second-order valence-electron chi connectivity index (χ2n) is 9.42. The van der Waals surface area contributed by atoms with E-state index in [1.807, 2.05) is 0 Å². The van der Waals surface area contributed by atoms with E-state index in [0.717, 1.165) is 74.2 Å². The van der Waals surface area contributed by atoms with Crippen molar-refractivity contribution in [2.24, 2.45) is 0 Å². The van der Waals surface area contributed by atoms with Crippen LogP contribution in [0.4, 0.5) is 0 Å². The first kappa shape index (κ1) is 26.6. The molecule has 3 aromatic heterocycles. The summed E-state index contributed by atoms with van der Waals surface area (Å²) in [5.74, 6) is 0. The summed E-state index contributed by atoms with van der Waals surface area (Å²) in [7, 11) is 0. The van der Waals surface area contributed by atoms with Crippen LogP contribution in [0.1, 0.15) is 86.1 Å². The van der Waals surface area contributed by atoms with Crippen molar-refractivity contribution in [3.8, 4) is 0 Å². The van der Waals surface area contributed by atoms with E-state index in [9.17, 15) is 0 Å². The van der Waals surface area contributed by atoms with Crippen LogP contribution >= 0.6 is 15.9 Å². The first-order valence-corrected chi connectivity index (χ1v) is 13.3. The third-order valence-electron chi connectivity index (χ3n) is 7.49. The molecule has 0 fully saturated rings. The van der Waals surface area contributed by atoms with E-state index in [0.29, 0.717) is 0 Å². The van der Waals surface area contributed by atoms with Crippen molar-refractivity contribution >= 4 is 59.2 Å². The normalized spacial score (nSPS) is 13.4. The summed E-state index contributed by atoms with van der Waals surface area (Å²) in [6.07, 6.45) is 2.77. The van der Waals surface area contributed by atoms with Crippen molar-refractivity contribution in [1.29, 1.82) is 0 Å². The molecule has 8 bridgehead atoms. The minimum Gasteiger partial charge on any atom is -0.657 e. The van der Waals surface area contributed by atoms with E-state index < -0.39 is 0 Å². The Balaban J connectivity index is 0.00000304. The smallest absolute Gasteiger partial charge is 0.657 e. The molecule has 0 atom stereocenters. The minimum absolute atomic E-state index is 0. The van der Waals surface area contributed by atoms with Gasteiger partial charge in [0, 0.05) is 4.48 Å². The maximum Gasteiger partial charge on any atom is 2.00 e. The number of allylic oxidation sites excluding steroid dienone is 3. The van der Waals surface area contributed by atoms with E-state index in [4.69, 9.17) is 19.9 Å². The maximum atomic E-state index is 5.09. The monoisotopic (exact) mass is 584 g/mol. The predicted octanol–water partition coefficient (Wildman–Crippen LogP) is 7.94. The molecule has 0 saturated carbocycles. The third kappa shape index (κ3) is 4.23. The van der Waals surface area contributed by atoms with Crippen molar-refractivity contribution in [2.75, 3.05) is 0 Å². The largest absolute Gasteiger partial charge is 2.00 e. The minimum atomic E-state index is 0. The third-order valence-corrected chi connectivity index (χ3v) is 8.50. The molecule has 2 aliphatic heterocycles. The Hall–Kier alpha value is -2.43. The zero-order chi connectivity index (χ0) is 25.0. The maximum absolute atomic E-state index is 5.09. The van der Waals surface area contributed by atoms with Crippen LogP contribution in [0, 0.1) is 13.8 Å². The van der Waals surface area contributed by atoms with Crippen LogP contribution < -0.4 is 9.97 Å². The number of rotatable bonds is 3. The Labute approximate surface area is 231 Å². The number of hydrogen-bond acceptors (Lipinski definition) is 2. The molecule has 5 heterocycles. The van der Waals surface area contributed by atoms with E-state index in [2.05, 4.69) is 88.7 Å². The average molecular weight is 586 g/mol. The van der Waals surface area contributed by atoms with Gasteiger partial charge in [-0.3, -0.25) is 0 Å². The fourth-order valence-electron chi connectivity index (χ4n) is 5.32. The molecule has 5 rings (SSSR count). The molecule has 0 saturated heterocycles. The summed E-state index contributed by atoms with van der Waals surface area (Å²) in [6, 6.07) is 8.55. The molecule has 6 heteroatoms. The fraction of sp³-hybridized carbons (Fsp3) is 0.333. The van der Waals surface area contributed by atoms with Gasteiger partial charge in [-0.05, 0) is 85.7 Å². The van der Waals surface area contributed by atoms with Crippen molar-refractivity contribution in [1.82, 2.24) is 19.9 Å². The van der Waals surface area contributed by atoms with Crippen LogP contribution in [0.2, 0.25) is 0 Å². The van der Waals surface area contributed by atoms with Crippen molar-refractivity contribution in [2.45, 2.75) is 67.7 Å². The summed E-state index contributed by atoms with van der Waals surface area (Å²) >= 11 is 3.79. The Morgan fingerprint density at radius 3 is 1.56 bits per heavy atom. The Bertz CT molecular complexity index is 1600. The summed E-state index contributed by atoms with van der Waals surface area (Å²) in [4.78, 5) is 20.2. The van der Waals surface area contributed by atoms with Gasteiger partial charge < -0.3 is 9.97 Å². The molecule has 0 N–H and O–H groups in total. The molecular formula is C30H31BrN4Ni. The Morgan fingerprint density at radius 1 is 0.611 bits per heavy atom. The zero-order valence-electron chi connectivity index (χ0n) is 21.9. The van der Waals surface area contributed by atoms with Crippen LogP contribution in [0.25, 0.3) is 43.3 Å². The van der Waals surface area contributed by atoms with Gasteiger partial charge in [-0.25, -0.2) is 9.97 Å². The number of aromatic nitrogens is 4. The van der Waals surface area contributed by atoms with Crippen LogP contribution in [0.3, 0.4) is 0 Å². The van der Waals surface area contributed by atoms with Gasteiger partial charge in [-0.1, -0.05) is 61.2 Å². The van der Waals surface area contributed by atoms with Gasteiger partial charge in [-0.15, -0.1) is 22.1 Å². The topological polar surface area (TPSA) is 54.0 Å². The van der Waals surface area contributed by atoms with Crippen molar-refractivity contribution in [3.05, 3.63) is 69.3 Å². The Morgan fingerprint density at radius 2 is 1.06 bits per heavy atom. The quantitative estimate of drug-likeness (QED) is 0.293. The molecule has 0 spiro atoms. The van der Waals surface area contributed by atoms with Gasteiger partial charge >= 0.3 is 16.5 Å². The standard InChI is InChI=1S/C30H31BrN4.Ni/c1-8-19-15(4)22-12-27-21(10-3)17(6)24(34-27)14-29-30(31)18(7)25(35-29)13-28-20(9-2)16(5)23(33-28)11-26(19)32-22;/h11-14H,8-10H2,1-7H3;/q-2;+2. The Kier molecular flexibility index (Phi) is 7.51. The molecule has 2 aliphatic rings. The summed E-state index contributed by atoms with van der Waals surface area (Å²) in [6.45, 7) is 15.2. The fourth-order valence-corrected chi connectivity index (χ4v) is 5.73. The van der Waals surface area contributed by atoms with Gasteiger partial charge in [0.25, 0.3) is 0 Å². The second kappa shape index (κ2) is 10.1. The molecule has 0 aromatic carbocycles. The van der Waals surface area contributed by atoms with Crippen LogP contribution in [0.15, 0.2) is 24.3 Å². The number of nitrogens with zero attached hydrogens (tertiary/aromatic N) is 4. The first-order chi connectivity index (χ1) is 16.8. The van der Waals surface area contributed by atoms with Gasteiger partial charge in [-0.2, -0.15) is 0 Å². The summed E-state index contributed by atoms with van der Waals surface area (Å²) in [5, 5.41) is 0. The molecule has 4 nitrogen and oxygen atoms in total. The van der Waals surface area contributed by atoms with Crippen molar-refractivity contribution in [3.63, 3.8) is 0 Å². The van der Waals surface area contributed by atoms with Gasteiger partial charge in [0.2, 0.25) is 0 Å². The zero-order valence-corrected chi connectivity index (χ0v) is 24.5. The van der Waals surface area contributed by atoms with Crippen LogP contribution in [-0.4, -0.2) is 9.97 Å². The van der Waals surface area contributed by atoms with Crippen molar-refractivity contribution < 1.29 is 16.5 Å². The molecule has 0 unspecified atom stereocenters. The molecular weight excluding hydrogens is 555 g/mol. The summed E-state index contributed by atoms with van der Waals surface area (Å²) in [5.41, 5.74) is 16.4. The molecule has 36 heavy (non-hydrogen) atoms. The molecule has 0 amide bonds. The van der Waals surface area contributed by atoms with Gasteiger partial charge in [0.1, 0.15) is 0 Å². The van der Waals surface area contributed by atoms with E-state index in [-0.39, 0.29) is 16.5 Å². The number of halogens is 1. The number of hydrogen-bond donors (Lipinski definition) is 0. The van der Waals surface area contributed by atoms with E-state index in [1.165, 1.54) is 33.4 Å². The predicted molar refractivity (Wildman–Crippen MR) is 151 cm³/mol. The molecule has 0 aliphatic carbocycles. The van der Waals surface area contributed by atoms with Gasteiger partial charge in [0.15, 0.2) is 0 Å². The van der Waals surface area contributed by atoms with Gasteiger partial charge in [0.05, 0.1) is 22.8 Å². The van der Waals surface area contributed by atoms with E-state index >= 15 is 0 Å². The molecule has 0 radical (unpaired) electrons. The number of fused-ring (bicyclic) bond motifs is 8. The molecule has 188 valence electrons. The molecule has 3 aromatic rings. The average Bonchev–Trinajstić information content (AvgIpc) is 3.48. The SMILES string of the molecule is CCC1=C(C)c2cc3[n-]c(cc4nc(cc5[n-]c(cc1n2)c(C)c5CC)C(C)=C4Br)c(C)c3CC.[Ni+2]. The first-order valence-electron chi connectivity index (χ1n) is 12.5.